The molecule has 4 aromatic rings. The Morgan fingerprint density at radius 2 is 1.74 bits per heavy atom. The van der Waals surface area contributed by atoms with Gasteiger partial charge in [0.1, 0.15) is 0 Å². The first-order valence-electron chi connectivity index (χ1n) is 9.70. The SMILES string of the molecule is Cc1ccc(-n2nc(C(=O)Nc3ccc(C)c(Cl)c3)nc2-c2cccc(Cl)c2)c(C)c1. The van der Waals surface area contributed by atoms with Crippen LogP contribution in [0.1, 0.15) is 27.3 Å². The van der Waals surface area contributed by atoms with Crippen molar-refractivity contribution < 1.29 is 4.79 Å². The van der Waals surface area contributed by atoms with E-state index in [0.717, 1.165) is 27.9 Å². The van der Waals surface area contributed by atoms with Gasteiger partial charge in [-0.05, 0) is 62.2 Å². The zero-order chi connectivity index (χ0) is 22.1. The van der Waals surface area contributed by atoms with Gasteiger partial charge in [-0.25, -0.2) is 9.67 Å². The number of anilines is 1. The Morgan fingerprint density at radius 3 is 2.45 bits per heavy atom. The summed E-state index contributed by atoms with van der Waals surface area (Å²) in [6.07, 6.45) is 0. The molecule has 0 bridgehead atoms. The van der Waals surface area contributed by atoms with Crippen molar-refractivity contribution in [3.05, 3.63) is 93.2 Å². The Kier molecular flexibility index (Phi) is 5.81. The third kappa shape index (κ3) is 4.48. The van der Waals surface area contributed by atoms with Crippen LogP contribution in [0.5, 0.6) is 0 Å². The van der Waals surface area contributed by atoms with E-state index in [-0.39, 0.29) is 5.82 Å². The summed E-state index contributed by atoms with van der Waals surface area (Å²) in [7, 11) is 0. The number of aryl methyl sites for hydroxylation is 3. The van der Waals surface area contributed by atoms with Gasteiger partial charge in [0, 0.05) is 21.3 Å². The molecule has 0 aliphatic carbocycles. The minimum atomic E-state index is -0.424. The van der Waals surface area contributed by atoms with Crippen LogP contribution in [0.25, 0.3) is 17.1 Å². The minimum absolute atomic E-state index is 0.0478. The molecule has 0 saturated carbocycles. The molecule has 0 saturated heterocycles. The molecule has 3 aromatic carbocycles. The molecule has 0 radical (unpaired) electrons. The zero-order valence-corrected chi connectivity index (χ0v) is 18.8. The number of benzene rings is 3. The second-order valence-corrected chi connectivity index (χ2v) is 8.23. The van der Waals surface area contributed by atoms with Crippen molar-refractivity contribution in [1.82, 2.24) is 14.8 Å². The molecule has 1 heterocycles. The average Bonchev–Trinajstić information content (AvgIpc) is 3.16. The highest BCUT2D eigenvalue weighted by molar-refractivity contribution is 6.31. The second-order valence-electron chi connectivity index (χ2n) is 7.39. The van der Waals surface area contributed by atoms with Crippen LogP contribution in [-0.4, -0.2) is 20.7 Å². The number of hydrogen-bond acceptors (Lipinski definition) is 3. The lowest BCUT2D eigenvalue weighted by Gasteiger charge is -2.10. The molecule has 156 valence electrons. The van der Waals surface area contributed by atoms with Gasteiger partial charge >= 0.3 is 0 Å². The molecule has 7 heteroatoms. The fourth-order valence-electron chi connectivity index (χ4n) is 3.29. The lowest BCUT2D eigenvalue weighted by atomic mass is 10.1. The highest BCUT2D eigenvalue weighted by Crippen LogP contribution is 2.26. The third-order valence-corrected chi connectivity index (χ3v) is 5.55. The van der Waals surface area contributed by atoms with E-state index in [0.29, 0.717) is 21.6 Å². The highest BCUT2D eigenvalue weighted by Gasteiger charge is 2.20. The molecule has 0 aliphatic heterocycles. The molecule has 5 nitrogen and oxygen atoms in total. The number of rotatable bonds is 4. The number of nitrogens with zero attached hydrogens (tertiary/aromatic N) is 3. The van der Waals surface area contributed by atoms with E-state index >= 15 is 0 Å². The number of amides is 1. The molecule has 0 aliphatic rings. The van der Waals surface area contributed by atoms with Crippen LogP contribution in [0.15, 0.2) is 60.7 Å². The smallest absolute Gasteiger partial charge is 0.295 e. The van der Waals surface area contributed by atoms with Crippen LogP contribution in [0.4, 0.5) is 5.69 Å². The van der Waals surface area contributed by atoms with Crippen LogP contribution < -0.4 is 5.32 Å². The van der Waals surface area contributed by atoms with Crippen molar-refractivity contribution in [1.29, 1.82) is 0 Å². The van der Waals surface area contributed by atoms with Crippen molar-refractivity contribution in [2.75, 3.05) is 5.32 Å². The average molecular weight is 451 g/mol. The van der Waals surface area contributed by atoms with E-state index < -0.39 is 5.91 Å². The zero-order valence-electron chi connectivity index (χ0n) is 17.3. The number of nitrogens with one attached hydrogen (secondary N) is 1. The summed E-state index contributed by atoms with van der Waals surface area (Å²) in [6.45, 7) is 5.93. The molecule has 0 fully saturated rings. The summed E-state index contributed by atoms with van der Waals surface area (Å²) < 4.78 is 1.68. The molecule has 31 heavy (non-hydrogen) atoms. The Balaban J connectivity index is 1.79. The molecule has 1 N–H and O–H groups in total. The van der Waals surface area contributed by atoms with Crippen LogP contribution >= 0.6 is 23.2 Å². The fourth-order valence-corrected chi connectivity index (χ4v) is 3.66. The van der Waals surface area contributed by atoms with Crippen molar-refractivity contribution in [3.8, 4) is 17.1 Å². The first-order valence-corrected chi connectivity index (χ1v) is 10.5. The van der Waals surface area contributed by atoms with Gasteiger partial charge < -0.3 is 5.32 Å². The van der Waals surface area contributed by atoms with Crippen LogP contribution in [0.2, 0.25) is 10.0 Å². The predicted molar refractivity (Wildman–Crippen MR) is 125 cm³/mol. The fraction of sp³-hybridized carbons (Fsp3) is 0.125. The largest absolute Gasteiger partial charge is 0.319 e. The first-order chi connectivity index (χ1) is 14.8. The van der Waals surface area contributed by atoms with Crippen molar-refractivity contribution in [3.63, 3.8) is 0 Å². The molecular weight excluding hydrogens is 431 g/mol. The van der Waals surface area contributed by atoms with E-state index in [4.69, 9.17) is 23.2 Å². The monoisotopic (exact) mass is 450 g/mol. The van der Waals surface area contributed by atoms with Crippen molar-refractivity contribution in [2.45, 2.75) is 20.8 Å². The van der Waals surface area contributed by atoms with E-state index in [1.807, 2.05) is 51.1 Å². The number of halogens is 2. The van der Waals surface area contributed by atoms with E-state index in [2.05, 4.69) is 21.5 Å². The van der Waals surface area contributed by atoms with Gasteiger partial charge in [-0.1, -0.05) is 59.1 Å². The second kappa shape index (κ2) is 8.53. The quantitative estimate of drug-likeness (QED) is 0.390. The van der Waals surface area contributed by atoms with E-state index in [1.54, 1.807) is 28.9 Å². The molecule has 0 spiro atoms. The van der Waals surface area contributed by atoms with Gasteiger partial charge in [0.05, 0.1) is 5.69 Å². The first kappa shape index (κ1) is 21.1. The predicted octanol–water partition coefficient (Wildman–Crippen LogP) is 6.42. The lowest BCUT2D eigenvalue weighted by Crippen LogP contribution is -2.14. The standard InChI is InChI=1S/C24H20Cl2N4O/c1-14-7-10-21(16(3)11-14)30-23(17-5-4-6-18(25)12-17)28-22(29-30)24(31)27-19-9-8-15(2)20(26)13-19/h4-13H,1-3H3,(H,27,31). The van der Waals surface area contributed by atoms with Crippen LogP contribution in [0, 0.1) is 20.8 Å². The Bertz CT molecular complexity index is 1300. The summed E-state index contributed by atoms with van der Waals surface area (Å²) >= 11 is 12.4. The van der Waals surface area contributed by atoms with Gasteiger partial charge in [-0.3, -0.25) is 4.79 Å². The maximum absolute atomic E-state index is 12.9. The highest BCUT2D eigenvalue weighted by atomic mass is 35.5. The Hall–Kier alpha value is -3.15. The van der Waals surface area contributed by atoms with Gasteiger partial charge in [0.25, 0.3) is 5.91 Å². The van der Waals surface area contributed by atoms with E-state index in [9.17, 15) is 4.79 Å². The summed E-state index contributed by atoms with van der Waals surface area (Å²) in [5.41, 5.74) is 5.26. The Labute approximate surface area is 190 Å². The molecule has 4 rings (SSSR count). The number of hydrogen-bond donors (Lipinski definition) is 1. The number of aromatic nitrogens is 3. The van der Waals surface area contributed by atoms with Crippen LogP contribution in [-0.2, 0) is 0 Å². The Morgan fingerprint density at radius 1 is 0.935 bits per heavy atom. The molecule has 1 aromatic heterocycles. The normalized spacial score (nSPS) is 10.9. The van der Waals surface area contributed by atoms with Gasteiger partial charge in [-0.15, -0.1) is 5.10 Å². The summed E-state index contributed by atoms with van der Waals surface area (Å²) in [5, 5.41) is 8.50. The molecule has 1 amide bonds. The summed E-state index contributed by atoms with van der Waals surface area (Å²) in [5.74, 6) is 0.153. The van der Waals surface area contributed by atoms with Gasteiger partial charge in [0.2, 0.25) is 5.82 Å². The number of carbonyl (C=O) groups is 1. The van der Waals surface area contributed by atoms with Crippen molar-refractivity contribution in [2.24, 2.45) is 0 Å². The van der Waals surface area contributed by atoms with Crippen LogP contribution in [0.3, 0.4) is 0 Å². The molecule has 0 unspecified atom stereocenters. The minimum Gasteiger partial charge on any atom is -0.319 e. The van der Waals surface area contributed by atoms with Crippen molar-refractivity contribution >= 4 is 34.8 Å². The summed E-state index contributed by atoms with van der Waals surface area (Å²) in [6, 6.07) is 18.7. The maximum Gasteiger partial charge on any atom is 0.295 e. The third-order valence-electron chi connectivity index (χ3n) is 4.90. The molecule has 0 atom stereocenters. The topological polar surface area (TPSA) is 59.8 Å². The van der Waals surface area contributed by atoms with Gasteiger partial charge in [-0.2, -0.15) is 0 Å². The van der Waals surface area contributed by atoms with Gasteiger partial charge in [0.15, 0.2) is 5.82 Å². The lowest BCUT2D eigenvalue weighted by molar-refractivity contribution is 0.101. The number of carbonyl (C=O) groups excluding carboxylic acids is 1. The molecular formula is C24H20Cl2N4O. The van der Waals surface area contributed by atoms with E-state index in [1.165, 1.54) is 0 Å². The summed E-state index contributed by atoms with van der Waals surface area (Å²) in [4.78, 5) is 17.5. The maximum atomic E-state index is 12.9.